The minimum Gasteiger partial charge on any atom is -0.387 e. The van der Waals surface area contributed by atoms with Crippen LogP contribution in [0.5, 0.6) is 0 Å². The Morgan fingerprint density at radius 1 is 1.29 bits per heavy atom. The molecule has 2 aromatic rings. The minimum absolute atomic E-state index is 0.483. The van der Waals surface area contributed by atoms with Crippen molar-refractivity contribution in [2.75, 3.05) is 0 Å². The first-order valence-electron chi connectivity index (χ1n) is 4.46. The zero-order valence-electron chi connectivity index (χ0n) is 7.84. The van der Waals surface area contributed by atoms with E-state index in [1.54, 1.807) is 18.3 Å². The molecular formula is C11H11NOS. The molecule has 72 valence electrons. The van der Waals surface area contributed by atoms with Crippen LogP contribution in [0.3, 0.4) is 0 Å². The SMILES string of the molecule is C[C@@H](O)c1csc(-c2ccccc2)n1. The number of thiazole rings is 1. The first-order valence-corrected chi connectivity index (χ1v) is 5.34. The van der Waals surface area contributed by atoms with E-state index < -0.39 is 6.10 Å². The number of aliphatic hydroxyl groups is 1. The average Bonchev–Trinajstić information content (AvgIpc) is 2.68. The molecule has 0 radical (unpaired) electrons. The standard InChI is InChI=1S/C11H11NOS/c1-8(13)10-7-14-11(12-10)9-5-3-2-4-6-9/h2-8,13H,1H3/t8-/m1/s1. The fraction of sp³-hybridized carbons (Fsp3) is 0.182. The van der Waals surface area contributed by atoms with Crippen LogP contribution in [-0.4, -0.2) is 10.1 Å². The molecule has 0 spiro atoms. The van der Waals surface area contributed by atoms with Gasteiger partial charge in [0.25, 0.3) is 0 Å². The van der Waals surface area contributed by atoms with E-state index in [9.17, 15) is 5.11 Å². The Hall–Kier alpha value is -1.19. The molecule has 0 fully saturated rings. The quantitative estimate of drug-likeness (QED) is 0.817. The summed E-state index contributed by atoms with van der Waals surface area (Å²) in [5.41, 5.74) is 1.85. The van der Waals surface area contributed by atoms with Gasteiger partial charge in [0, 0.05) is 10.9 Å². The highest BCUT2D eigenvalue weighted by Crippen LogP contribution is 2.25. The van der Waals surface area contributed by atoms with Gasteiger partial charge in [-0.3, -0.25) is 0 Å². The molecule has 0 bridgehead atoms. The maximum atomic E-state index is 9.33. The number of benzene rings is 1. The lowest BCUT2D eigenvalue weighted by molar-refractivity contribution is 0.195. The molecule has 0 saturated carbocycles. The van der Waals surface area contributed by atoms with Crippen LogP contribution in [0.2, 0.25) is 0 Å². The highest BCUT2D eigenvalue weighted by Gasteiger charge is 2.07. The van der Waals surface area contributed by atoms with Crippen LogP contribution in [0, 0.1) is 0 Å². The summed E-state index contributed by atoms with van der Waals surface area (Å²) in [5.74, 6) is 0. The van der Waals surface area contributed by atoms with Crippen molar-refractivity contribution < 1.29 is 5.11 Å². The number of hydrogen-bond donors (Lipinski definition) is 1. The van der Waals surface area contributed by atoms with Gasteiger partial charge >= 0.3 is 0 Å². The van der Waals surface area contributed by atoms with Crippen LogP contribution < -0.4 is 0 Å². The third-order valence-electron chi connectivity index (χ3n) is 1.97. The Labute approximate surface area is 86.9 Å². The average molecular weight is 205 g/mol. The van der Waals surface area contributed by atoms with E-state index in [0.717, 1.165) is 16.3 Å². The van der Waals surface area contributed by atoms with Crippen molar-refractivity contribution in [2.45, 2.75) is 13.0 Å². The van der Waals surface area contributed by atoms with Gasteiger partial charge < -0.3 is 5.11 Å². The van der Waals surface area contributed by atoms with Gasteiger partial charge in [0.2, 0.25) is 0 Å². The normalized spacial score (nSPS) is 12.7. The molecule has 1 atom stereocenters. The molecule has 1 N–H and O–H groups in total. The number of nitrogens with zero attached hydrogens (tertiary/aromatic N) is 1. The molecule has 1 aromatic heterocycles. The van der Waals surface area contributed by atoms with E-state index in [1.807, 2.05) is 35.7 Å². The summed E-state index contributed by atoms with van der Waals surface area (Å²) in [6.45, 7) is 1.73. The van der Waals surface area contributed by atoms with Crippen molar-refractivity contribution in [3.05, 3.63) is 41.4 Å². The summed E-state index contributed by atoms with van der Waals surface area (Å²) in [6.07, 6.45) is -0.483. The van der Waals surface area contributed by atoms with Gasteiger partial charge in [-0.25, -0.2) is 4.98 Å². The Bertz CT molecular complexity index is 408. The molecule has 2 rings (SSSR count). The van der Waals surface area contributed by atoms with Crippen molar-refractivity contribution in [1.82, 2.24) is 4.98 Å². The fourth-order valence-electron chi connectivity index (χ4n) is 1.19. The molecule has 2 nitrogen and oxygen atoms in total. The van der Waals surface area contributed by atoms with E-state index in [4.69, 9.17) is 0 Å². The smallest absolute Gasteiger partial charge is 0.123 e. The predicted molar refractivity (Wildman–Crippen MR) is 58.2 cm³/mol. The molecule has 0 amide bonds. The molecule has 0 unspecified atom stereocenters. The molecule has 14 heavy (non-hydrogen) atoms. The van der Waals surface area contributed by atoms with Gasteiger partial charge in [-0.15, -0.1) is 11.3 Å². The lowest BCUT2D eigenvalue weighted by Gasteiger charge is -1.97. The third-order valence-corrected chi connectivity index (χ3v) is 2.88. The van der Waals surface area contributed by atoms with Crippen molar-refractivity contribution in [1.29, 1.82) is 0 Å². The van der Waals surface area contributed by atoms with Crippen LogP contribution in [-0.2, 0) is 0 Å². The van der Waals surface area contributed by atoms with Gasteiger partial charge in [-0.1, -0.05) is 30.3 Å². The van der Waals surface area contributed by atoms with Gasteiger partial charge in [-0.2, -0.15) is 0 Å². The van der Waals surface area contributed by atoms with Crippen molar-refractivity contribution >= 4 is 11.3 Å². The highest BCUT2D eigenvalue weighted by atomic mass is 32.1. The molecule has 0 aliphatic heterocycles. The number of hydrogen-bond acceptors (Lipinski definition) is 3. The third kappa shape index (κ3) is 1.84. The molecule has 1 aromatic carbocycles. The summed E-state index contributed by atoms with van der Waals surface area (Å²) < 4.78 is 0. The Balaban J connectivity index is 2.34. The van der Waals surface area contributed by atoms with E-state index in [0.29, 0.717) is 0 Å². The van der Waals surface area contributed by atoms with Crippen LogP contribution in [0.25, 0.3) is 10.6 Å². The maximum absolute atomic E-state index is 9.33. The zero-order valence-corrected chi connectivity index (χ0v) is 8.66. The van der Waals surface area contributed by atoms with E-state index in [-0.39, 0.29) is 0 Å². The van der Waals surface area contributed by atoms with Gasteiger partial charge in [0.1, 0.15) is 5.01 Å². The Morgan fingerprint density at radius 3 is 2.57 bits per heavy atom. The first-order chi connectivity index (χ1) is 6.77. The molecule has 3 heteroatoms. The lowest BCUT2D eigenvalue weighted by atomic mass is 10.2. The molecule has 1 heterocycles. The van der Waals surface area contributed by atoms with Crippen LogP contribution in [0.1, 0.15) is 18.7 Å². The summed E-state index contributed by atoms with van der Waals surface area (Å²) in [6, 6.07) is 9.99. The number of rotatable bonds is 2. The van der Waals surface area contributed by atoms with Crippen LogP contribution >= 0.6 is 11.3 Å². The van der Waals surface area contributed by atoms with Crippen molar-refractivity contribution in [3.8, 4) is 10.6 Å². The topological polar surface area (TPSA) is 33.1 Å². The summed E-state index contributed by atoms with van der Waals surface area (Å²) >= 11 is 1.56. The minimum atomic E-state index is -0.483. The van der Waals surface area contributed by atoms with Gasteiger partial charge in [0.05, 0.1) is 11.8 Å². The van der Waals surface area contributed by atoms with E-state index >= 15 is 0 Å². The van der Waals surface area contributed by atoms with Crippen molar-refractivity contribution in [2.24, 2.45) is 0 Å². The molecule has 0 aliphatic rings. The highest BCUT2D eigenvalue weighted by molar-refractivity contribution is 7.13. The van der Waals surface area contributed by atoms with Crippen LogP contribution in [0.15, 0.2) is 35.7 Å². The van der Waals surface area contributed by atoms with Gasteiger partial charge in [-0.05, 0) is 6.92 Å². The largest absolute Gasteiger partial charge is 0.387 e. The Morgan fingerprint density at radius 2 is 2.00 bits per heavy atom. The summed E-state index contributed by atoms with van der Waals surface area (Å²) in [7, 11) is 0. The molecule has 0 aliphatic carbocycles. The predicted octanol–water partition coefficient (Wildman–Crippen LogP) is 2.86. The number of aromatic nitrogens is 1. The second-order valence-electron chi connectivity index (χ2n) is 3.12. The van der Waals surface area contributed by atoms with Crippen molar-refractivity contribution in [3.63, 3.8) is 0 Å². The molecular weight excluding hydrogens is 194 g/mol. The fourth-order valence-corrected chi connectivity index (χ4v) is 2.10. The summed E-state index contributed by atoms with van der Waals surface area (Å²) in [4.78, 5) is 4.35. The number of aliphatic hydroxyl groups excluding tert-OH is 1. The van der Waals surface area contributed by atoms with E-state index in [1.165, 1.54) is 0 Å². The monoisotopic (exact) mass is 205 g/mol. The van der Waals surface area contributed by atoms with Crippen LogP contribution in [0.4, 0.5) is 0 Å². The summed E-state index contributed by atoms with van der Waals surface area (Å²) in [5, 5.41) is 12.2. The second-order valence-corrected chi connectivity index (χ2v) is 3.98. The first kappa shape index (κ1) is 9.37. The molecule has 0 saturated heterocycles. The van der Waals surface area contributed by atoms with Gasteiger partial charge in [0.15, 0.2) is 0 Å². The second kappa shape index (κ2) is 3.90. The zero-order chi connectivity index (χ0) is 9.97. The van der Waals surface area contributed by atoms with E-state index in [2.05, 4.69) is 4.98 Å². The Kier molecular flexibility index (Phi) is 2.61. The lowest BCUT2D eigenvalue weighted by Crippen LogP contribution is -1.90. The maximum Gasteiger partial charge on any atom is 0.123 e.